The van der Waals surface area contributed by atoms with Crippen molar-refractivity contribution in [3.8, 4) is 0 Å². The summed E-state index contributed by atoms with van der Waals surface area (Å²) in [6, 6.07) is 0. The lowest BCUT2D eigenvalue weighted by molar-refractivity contribution is -0.110. The van der Waals surface area contributed by atoms with Gasteiger partial charge >= 0.3 is 0 Å². The van der Waals surface area contributed by atoms with Crippen LogP contribution in [0.4, 0.5) is 0 Å². The summed E-state index contributed by atoms with van der Waals surface area (Å²) >= 11 is 0. The van der Waals surface area contributed by atoms with Crippen molar-refractivity contribution in [2.75, 3.05) is 13.7 Å². The second kappa shape index (κ2) is 2.51. The second-order valence-corrected chi connectivity index (χ2v) is 3.29. The molecule has 2 rings (SSSR count). The first kappa shape index (κ1) is 6.62. The van der Waals surface area contributed by atoms with Gasteiger partial charge in [0.25, 0.3) is 0 Å². The highest BCUT2D eigenvalue weighted by Crippen LogP contribution is 2.40. The summed E-state index contributed by atoms with van der Waals surface area (Å²) in [7, 11) is 1.74. The van der Waals surface area contributed by atoms with Crippen LogP contribution in [0.2, 0.25) is 0 Å². The maximum absolute atomic E-state index is 5.45. The predicted octanol–water partition coefficient (Wildman–Crippen LogP) is 1.41. The van der Waals surface area contributed by atoms with Gasteiger partial charge in [-0.25, -0.2) is 0 Å². The van der Waals surface area contributed by atoms with Crippen molar-refractivity contribution in [1.29, 1.82) is 0 Å². The Kier molecular flexibility index (Phi) is 1.66. The normalized spacial score (nSPS) is 45.9. The molecule has 10 heavy (non-hydrogen) atoms. The van der Waals surface area contributed by atoms with Crippen molar-refractivity contribution in [3.63, 3.8) is 0 Å². The molecule has 2 heteroatoms. The molecule has 3 unspecified atom stereocenters. The molecule has 1 heterocycles. The van der Waals surface area contributed by atoms with E-state index in [2.05, 4.69) is 0 Å². The van der Waals surface area contributed by atoms with Gasteiger partial charge in [0.2, 0.25) is 0 Å². The van der Waals surface area contributed by atoms with E-state index in [0.717, 1.165) is 12.5 Å². The molecular formula is C8H14O2. The number of methoxy groups -OCH3 is 1. The Balaban J connectivity index is 2.01. The first-order valence-corrected chi connectivity index (χ1v) is 4.06. The third kappa shape index (κ3) is 0.867. The summed E-state index contributed by atoms with van der Waals surface area (Å²) < 4.78 is 10.6. The van der Waals surface area contributed by atoms with Crippen LogP contribution in [0.3, 0.4) is 0 Å². The third-order valence-corrected chi connectivity index (χ3v) is 2.77. The van der Waals surface area contributed by atoms with Gasteiger partial charge in [-0.15, -0.1) is 0 Å². The minimum Gasteiger partial charge on any atom is -0.356 e. The molecule has 3 atom stereocenters. The van der Waals surface area contributed by atoms with Gasteiger partial charge < -0.3 is 9.47 Å². The van der Waals surface area contributed by atoms with Crippen LogP contribution in [0.15, 0.2) is 0 Å². The molecule has 1 saturated heterocycles. The van der Waals surface area contributed by atoms with Crippen molar-refractivity contribution in [3.05, 3.63) is 0 Å². The van der Waals surface area contributed by atoms with E-state index in [1.165, 1.54) is 19.3 Å². The van der Waals surface area contributed by atoms with Crippen LogP contribution in [0.1, 0.15) is 19.3 Å². The van der Waals surface area contributed by atoms with Crippen molar-refractivity contribution in [1.82, 2.24) is 0 Å². The minimum atomic E-state index is 0.118. The lowest BCUT2D eigenvalue weighted by Crippen LogP contribution is -2.18. The van der Waals surface area contributed by atoms with E-state index in [4.69, 9.17) is 9.47 Å². The average molecular weight is 142 g/mol. The molecule has 0 spiro atoms. The Morgan fingerprint density at radius 2 is 2.30 bits per heavy atom. The predicted molar refractivity (Wildman–Crippen MR) is 37.6 cm³/mol. The molecule has 0 aromatic carbocycles. The molecular weight excluding hydrogens is 128 g/mol. The van der Waals surface area contributed by atoms with Crippen LogP contribution >= 0.6 is 0 Å². The van der Waals surface area contributed by atoms with Crippen molar-refractivity contribution in [2.24, 2.45) is 11.8 Å². The summed E-state index contributed by atoms with van der Waals surface area (Å²) in [6.07, 6.45) is 4.15. The van der Waals surface area contributed by atoms with Gasteiger partial charge in [0, 0.05) is 13.0 Å². The molecule has 2 nitrogen and oxygen atoms in total. The van der Waals surface area contributed by atoms with Gasteiger partial charge in [-0.2, -0.15) is 0 Å². The zero-order valence-electron chi connectivity index (χ0n) is 6.38. The Bertz CT molecular complexity index is 124. The molecule has 2 fully saturated rings. The highest BCUT2D eigenvalue weighted by molar-refractivity contribution is 4.84. The van der Waals surface area contributed by atoms with Gasteiger partial charge in [0.15, 0.2) is 6.29 Å². The molecule has 0 aromatic rings. The Labute approximate surface area is 61.5 Å². The smallest absolute Gasteiger partial charge is 0.160 e. The first-order valence-electron chi connectivity index (χ1n) is 4.06. The number of rotatable bonds is 1. The molecule has 0 aromatic heterocycles. The van der Waals surface area contributed by atoms with Crippen LogP contribution in [0.5, 0.6) is 0 Å². The molecule has 0 amide bonds. The zero-order valence-corrected chi connectivity index (χ0v) is 6.38. The summed E-state index contributed by atoms with van der Waals surface area (Å²) in [6.45, 7) is 0.934. The topological polar surface area (TPSA) is 18.5 Å². The fourth-order valence-corrected chi connectivity index (χ4v) is 2.22. The molecule has 0 radical (unpaired) electrons. The minimum absolute atomic E-state index is 0.118. The maximum atomic E-state index is 5.45. The Morgan fingerprint density at radius 1 is 1.40 bits per heavy atom. The van der Waals surface area contributed by atoms with Crippen molar-refractivity contribution >= 4 is 0 Å². The van der Waals surface area contributed by atoms with Crippen LogP contribution < -0.4 is 0 Å². The Hall–Kier alpha value is -0.0800. The molecule has 1 aliphatic carbocycles. The molecule has 1 saturated carbocycles. The lowest BCUT2D eigenvalue weighted by Gasteiger charge is -2.13. The molecule has 2 aliphatic rings. The van der Waals surface area contributed by atoms with E-state index in [9.17, 15) is 0 Å². The summed E-state index contributed by atoms with van der Waals surface area (Å²) in [5.74, 6) is 1.52. The average Bonchev–Trinajstić information content (AvgIpc) is 2.44. The highest BCUT2D eigenvalue weighted by Gasteiger charge is 2.40. The fraction of sp³-hybridized carbons (Fsp3) is 1.00. The zero-order chi connectivity index (χ0) is 6.97. The van der Waals surface area contributed by atoms with Crippen LogP contribution in [-0.2, 0) is 9.47 Å². The number of fused-ring (bicyclic) bond motifs is 1. The second-order valence-electron chi connectivity index (χ2n) is 3.29. The standard InChI is InChI=1S/C8H14O2/c1-9-8-7-4-2-3-6(7)5-10-8/h6-8H,2-5H2,1H3. The molecule has 58 valence electrons. The largest absolute Gasteiger partial charge is 0.356 e. The van der Waals surface area contributed by atoms with E-state index < -0.39 is 0 Å². The SMILES string of the molecule is COC1OCC2CCCC21. The quantitative estimate of drug-likeness (QED) is 0.551. The number of hydrogen-bond acceptors (Lipinski definition) is 2. The number of hydrogen-bond donors (Lipinski definition) is 0. The summed E-state index contributed by atoms with van der Waals surface area (Å²) in [4.78, 5) is 0. The van der Waals surface area contributed by atoms with E-state index in [0.29, 0.717) is 5.92 Å². The van der Waals surface area contributed by atoms with Gasteiger partial charge in [-0.1, -0.05) is 6.42 Å². The van der Waals surface area contributed by atoms with E-state index in [-0.39, 0.29) is 6.29 Å². The lowest BCUT2D eigenvalue weighted by atomic mass is 10.00. The van der Waals surface area contributed by atoms with E-state index in [1.54, 1.807) is 7.11 Å². The van der Waals surface area contributed by atoms with Gasteiger partial charge in [0.05, 0.1) is 6.61 Å². The van der Waals surface area contributed by atoms with Crippen molar-refractivity contribution < 1.29 is 9.47 Å². The van der Waals surface area contributed by atoms with Gasteiger partial charge in [-0.05, 0) is 18.8 Å². The molecule has 0 N–H and O–H groups in total. The summed E-state index contributed by atoms with van der Waals surface area (Å²) in [5.41, 5.74) is 0. The highest BCUT2D eigenvalue weighted by atomic mass is 16.7. The monoisotopic (exact) mass is 142 g/mol. The fourth-order valence-electron chi connectivity index (χ4n) is 2.22. The maximum Gasteiger partial charge on any atom is 0.160 e. The van der Waals surface area contributed by atoms with Crippen LogP contribution in [-0.4, -0.2) is 20.0 Å². The summed E-state index contributed by atoms with van der Waals surface area (Å²) in [5, 5.41) is 0. The molecule has 0 bridgehead atoms. The van der Waals surface area contributed by atoms with Gasteiger partial charge in [0.1, 0.15) is 0 Å². The van der Waals surface area contributed by atoms with E-state index in [1.807, 2.05) is 0 Å². The van der Waals surface area contributed by atoms with Gasteiger partial charge in [-0.3, -0.25) is 0 Å². The number of ether oxygens (including phenoxy) is 2. The third-order valence-electron chi connectivity index (χ3n) is 2.77. The Morgan fingerprint density at radius 3 is 3.10 bits per heavy atom. The van der Waals surface area contributed by atoms with Crippen LogP contribution in [0.25, 0.3) is 0 Å². The van der Waals surface area contributed by atoms with Crippen molar-refractivity contribution in [2.45, 2.75) is 25.6 Å². The first-order chi connectivity index (χ1) is 4.92. The molecule has 1 aliphatic heterocycles. The van der Waals surface area contributed by atoms with E-state index >= 15 is 0 Å². The van der Waals surface area contributed by atoms with Crippen LogP contribution in [0, 0.1) is 11.8 Å².